The molecule has 0 saturated carbocycles. The molecule has 0 spiro atoms. The van der Waals surface area contributed by atoms with Crippen molar-refractivity contribution in [2.75, 3.05) is 12.0 Å². The lowest BCUT2D eigenvalue weighted by Gasteiger charge is -2.06. The highest BCUT2D eigenvalue weighted by Crippen LogP contribution is 2.36. The van der Waals surface area contributed by atoms with Crippen molar-refractivity contribution in [2.24, 2.45) is 0 Å². The number of hydrogen-bond acceptors (Lipinski definition) is 7. The van der Waals surface area contributed by atoms with Crippen LogP contribution in [-0.4, -0.2) is 21.1 Å². The summed E-state index contributed by atoms with van der Waals surface area (Å²) in [6.07, 6.45) is 1.88. The van der Waals surface area contributed by atoms with E-state index in [1.54, 1.807) is 12.1 Å². The molecule has 0 radical (unpaired) electrons. The molecule has 0 atom stereocenters. The molecule has 0 unspecified atom stereocenters. The summed E-state index contributed by atoms with van der Waals surface area (Å²) in [6, 6.07) is 6.38. The fraction of sp³-hybridized carbons (Fsp3) is 0.0769. The minimum atomic E-state index is -0.422. The number of hydrogen-bond donors (Lipinski definition) is 1. The first kappa shape index (κ1) is 13.8. The molecule has 3 rings (SSSR count). The second-order valence-corrected chi connectivity index (χ2v) is 5.87. The first-order valence-corrected chi connectivity index (χ1v) is 8.04. The van der Waals surface area contributed by atoms with Crippen LogP contribution in [0.1, 0.15) is 0 Å². The SMILES string of the molecule is CSc1nc(-c2cccc([N+](=O)[O-])c2)c2c(N)csc2n1. The van der Waals surface area contributed by atoms with Crippen molar-refractivity contribution in [1.82, 2.24) is 9.97 Å². The molecular weight excluding hydrogens is 308 g/mol. The molecule has 0 fully saturated rings. The summed E-state index contributed by atoms with van der Waals surface area (Å²) in [7, 11) is 0. The quantitative estimate of drug-likeness (QED) is 0.343. The van der Waals surface area contributed by atoms with Gasteiger partial charge >= 0.3 is 0 Å². The van der Waals surface area contributed by atoms with Gasteiger partial charge in [-0.05, 0) is 6.26 Å². The molecule has 2 N–H and O–H groups in total. The third-order valence-electron chi connectivity index (χ3n) is 2.95. The second kappa shape index (κ2) is 5.30. The fourth-order valence-corrected chi connectivity index (χ4v) is 3.26. The van der Waals surface area contributed by atoms with Gasteiger partial charge in [0.05, 0.1) is 21.7 Å². The van der Waals surface area contributed by atoms with Crippen LogP contribution in [0, 0.1) is 10.1 Å². The largest absolute Gasteiger partial charge is 0.397 e. The zero-order valence-corrected chi connectivity index (χ0v) is 12.6. The molecule has 106 valence electrons. The standard InChI is InChI=1S/C13H10N4O2S2/c1-20-13-15-11(10-9(14)6-21-12(10)16-13)7-3-2-4-8(5-7)17(18)19/h2-6H,14H2,1H3. The molecule has 8 heteroatoms. The Morgan fingerprint density at radius 3 is 2.90 bits per heavy atom. The number of nitrogens with two attached hydrogens (primary N) is 1. The predicted molar refractivity (Wildman–Crippen MR) is 85.7 cm³/mol. The normalized spacial score (nSPS) is 10.9. The number of nitro benzene ring substituents is 1. The van der Waals surface area contributed by atoms with E-state index >= 15 is 0 Å². The molecule has 2 aromatic heterocycles. The highest BCUT2D eigenvalue weighted by Gasteiger charge is 2.16. The number of nitro groups is 1. The Hall–Kier alpha value is -2.19. The number of nitrogens with zero attached hydrogens (tertiary/aromatic N) is 3. The van der Waals surface area contributed by atoms with Gasteiger partial charge in [-0.2, -0.15) is 0 Å². The molecule has 6 nitrogen and oxygen atoms in total. The van der Waals surface area contributed by atoms with Gasteiger partial charge in [0, 0.05) is 23.1 Å². The van der Waals surface area contributed by atoms with Crippen molar-refractivity contribution in [1.29, 1.82) is 0 Å². The number of nitrogen functional groups attached to an aromatic ring is 1. The monoisotopic (exact) mass is 318 g/mol. The Kier molecular flexibility index (Phi) is 3.48. The van der Waals surface area contributed by atoms with Crippen molar-refractivity contribution in [2.45, 2.75) is 5.16 Å². The Labute approximate surface area is 128 Å². The van der Waals surface area contributed by atoms with Gasteiger partial charge in [-0.25, -0.2) is 9.97 Å². The van der Waals surface area contributed by atoms with E-state index in [0.717, 1.165) is 10.2 Å². The smallest absolute Gasteiger partial charge is 0.270 e. The number of thiophene rings is 1. The van der Waals surface area contributed by atoms with Crippen LogP contribution in [0.4, 0.5) is 11.4 Å². The minimum Gasteiger partial charge on any atom is -0.397 e. The summed E-state index contributed by atoms with van der Waals surface area (Å²) < 4.78 is 0. The maximum absolute atomic E-state index is 10.9. The van der Waals surface area contributed by atoms with Crippen LogP contribution < -0.4 is 5.73 Å². The van der Waals surface area contributed by atoms with Gasteiger partial charge in [0.1, 0.15) is 4.83 Å². The van der Waals surface area contributed by atoms with E-state index in [2.05, 4.69) is 9.97 Å². The third kappa shape index (κ3) is 2.43. The topological polar surface area (TPSA) is 94.9 Å². The number of thioether (sulfide) groups is 1. The number of benzene rings is 1. The zero-order chi connectivity index (χ0) is 15.0. The van der Waals surface area contributed by atoms with Gasteiger partial charge in [0.25, 0.3) is 5.69 Å². The molecule has 0 aliphatic carbocycles. The van der Waals surface area contributed by atoms with Crippen molar-refractivity contribution in [3.05, 3.63) is 39.8 Å². The van der Waals surface area contributed by atoms with Gasteiger partial charge in [-0.3, -0.25) is 10.1 Å². The van der Waals surface area contributed by atoms with Crippen LogP contribution in [-0.2, 0) is 0 Å². The third-order valence-corrected chi connectivity index (χ3v) is 4.39. The lowest BCUT2D eigenvalue weighted by Crippen LogP contribution is -1.94. The fourth-order valence-electron chi connectivity index (χ4n) is 2.01. The van der Waals surface area contributed by atoms with Crippen LogP contribution in [0.5, 0.6) is 0 Å². The van der Waals surface area contributed by atoms with Crippen LogP contribution in [0.25, 0.3) is 21.5 Å². The molecule has 1 aromatic carbocycles. The van der Waals surface area contributed by atoms with E-state index in [1.165, 1.54) is 35.2 Å². The molecule has 0 amide bonds. The molecule has 0 aliphatic rings. The van der Waals surface area contributed by atoms with E-state index in [9.17, 15) is 10.1 Å². The molecule has 3 aromatic rings. The van der Waals surface area contributed by atoms with Gasteiger partial charge < -0.3 is 5.73 Å². The molecule has 21 heavy (non-hydrogen) atoms. The van der Waals surface area contributed by atoms with E-state index in [1.807, 2.05) is 11.6 Å². The maximum Gasteiger partial charge on any atom is 0.270 e. The summed E-state index contributed by atoms with van der Waals surface area (Å²) in [4.78, 5) is 20.2. The lowest BCUT2D eigenvalue weighted by molar-refractivity contribution is -0.384. The summed E-state index contributed by atoms with van der Waals surface area (Å²) in [6.45, 7) is 0. The van der Waals surface area contributed by atoms with E-state index in [4.69, 9.17) is 5.73 Å². The van der Waals surface area contributed by atoms with Crippen molar-refractivity contribution >= 4 is 44.7 Å². The van der Waals surface area contributed by atoms with E-state index < -0.39 is 4.92 Å². The molecule has 0 saturated heterocycles. The van der Waals surface area contributed by atoms with Gasteiger partial charge in [0.2, 0.25) is 0 Å². The highest BCUT2D eigenvalue weighted by atomic mass is 32.2. The van der Waals surface area contributed by atoms with Gasteiger partial charge in [-0.1, -0.05) is 23.9 Å². The van der Waals surface area contributed by atoms with Crippen molar-refractivity contribution in [3.63, 3.8) is 0 Å². The summed E-state index contributed by atoms with van der Waals surface area (Å²) in [5.74, 6) is 0. The Morgan fingerprint density at radius 1 is 1.38 bits per heavy atom. The second-order valence-electron chi connectivity index (χ2n) is 4.24. The van der Waals surface area contributed by atoms with Crippen molar-refractivity contribution < 1.29 is 4.92 Å². The van der Waals surface area contributed by atoms with Gasteiger partial charge in [-0.15, -0.1) is 11.3 Å². The zero-order valence-electron chi connectivity index (χ0n) is 10.9. The minimum absolute atomic E-state index is 0.0266. The van der Waals surface area contributed by atoms with E-state index in [0.29, 0.717) is 22.1 Å². The first-order valence-electron chi connectivity index (χ1n) is 5.93. The number of aromatic nitrogens is 2. The lowest BCUT2D eigenvalue weighted by atomic mass is 10.1. The molecule has 2 heterocycles. The van der Waals surface area contributed by atoms with Crippen molar-refractivity contribution in [3.8, 4) is 11.3 Å². The van der Waals surface area contributed by atoms with Crippen LogP contribution >= 0.6 is 23.1 Å². The van der Waals surface area contributed by atoms with E-state index in [-0.39, 0.29) is 5.69 Å². The molecular formula is C13H10N4O2S2. The summed E-state index contributed by atoms with van der Waals surface area (Å²) in [5.41, 5.74) is 7.90. The number of fused-ring (bicyclic) bond motifs is 1. The highest BCUT2D eigenvalue weighted by molar-refractivity contribution is 7.98. The predicted octanol–water partition coefficient (Wildman–Crippen LogP) is 3.57. The Morgan fingerprint density at radius 2 is 2.19 bits per heavy atom. The Bertz CT molecular complexity index is 847. The summed E-state index contributed by atoms with van der Waals surface area (Å²) in [5, 5.41) is 14.1. The average molecular weight is 318 g/mol. The van der Waals surface area contributed by atoms with Crippen LogP contribution in [0.2, 0.25) is 0 Å². The first-order chi connectivity index (χ1) is 10.1. The number of anilines is 1. The average Bonchev–Trinajstić information content (AvgIpc) is 2.88. The molecule has 0 bridgehead atoms. The van der Waals surface area contributed by atoms with Crippen LogP contribution in [0.3, 0.4) is 0 Å². The van der Waals surface area contributed by atoms with Gasteiger partial charge in [0.15, 0.2) is 5.16 Å². The summed E-state index contributed by atoms with van der Waals surface area (Å²) >= 11 is 2.86. The van der Waals surface area contributed by atoms with Crippen LogP contribution in [0.15, 0.2) is 34.8 Å². The molecule has 0 aliphatic heterocycles. The Balaban J connectivity index is 2.30. The number of non-ortho nitro benzene ring substituents is 1. The maximum atomic E-state index is 10.9. The number of rotatable bonds is 3.